The van der Waals surface area contributed by atoms with Gasteiger partial charge < -0.3 is 14.4 Å². The summed E-state index contributed by atoms with van der Waals surface area (Å²) in [5, 5.41) is 0.448. The Hall–Kier alpha value is -2.50. The molecule has 3 rings (SSSR count). The van der Waals surface area contributed by atoms with Gasteiger partial charge in [-0.2, -0.15) is 4.72 Å². The third-order valence-corrected chi connectivity index (χ3v) is 6.82. The van der Waals surface area contributed by atoms with E-state index in [1.54, 1.807) is 45.0 Å². The Morgan fingerprint density at radius 1 is 1.06 bits per heavy atom. The van der Waals surface area contributed by atoms with Crippen molar-refractivity contribution in [1.29, 1.82) is 0 Å². The highest BCUT2D eigenvalue weighted by Gasteiger charge is 2.45. The summed E-state index contributed by atoms with van der Waals surface area (Å²) >= 11 is 5.99. The van der Waals surface area contributed by atoms with Crippen molar-refractivity contribution in [1.82, 2.24) is 9.62 Å². The van der Waals surface area contributed by atoms with Crippen LogP contribution in [-0.4, -0.2) is 44.5 Å². The summed E-state index contributed by atoms with van der Waals surface area (Å²) in [6.07, 6.45) is -5.24. The van der Waals surface area contributed by atoms with E-state index < -0.39 is 39.4 Å². The van der Waals surface area contributed by atoms with Crippen LogP contribution in [0.5, 0.6) is 5.75 Å². The number of rotatable bonds is 5. The van der Waals surface area contributed by atoms with E-state index in [1.807, 2.05) is 0 Å². The molecule has 0 aliphatic carbocycles. The Bertz CT molecular complexity index is 1130. The molecular formula is C22H24ClF3N2O5S. The maximum atomic E-state index is 13.2. The molecular weight excluding hydrogens is 497 g/mol. The van der Waals surface area contributed by atoms with Crippen molar-refractivity contribution in [2.45, 2.75) is 49.6 Å². The molecule has 1 amide bonds. The molecule has 1 heterocycles. The summed E-state index contributed by atoms with van der Waals surface area (Å²) < 4.78 is 75.5. The lowest BCUT2D eigenvalue weighted by molar-refractivity contribution is -0.274. The van der Waals surface area contributed by atoms with Gasteiger partial charge >= 0.3 is 12.5 Å². The lowest BCUT2D eigenvalue weighted by Gasteiger charge is -2.31. The molecule has 1 N–H and O–H groups in total. The SMILES string of the molecule is CC(C)(C)OC(=O)N1CCC(NS(=O)(=O)c2ccc(OC(F)(F)F)cc2)(c2ccc(Cl)cc2)C1. The largest absolute Gasteiger partial charge is 0.573 e. The molecule has 0 spiro atoms. The number of amides is 1. The van der Waals surface area contributed by atoms with Gasteiger partial charge in [-0.3, -0.25) is 0 Å². The predicted octanol–water partition coefficient (Wildman–Crippen LogP) is 5.05. The zero-order valence-corrected chi connectivity index (χ0v) is 20.2. The van der Waals surface area contributed by atoms with E-state index >= 15 is 0 Å². The number of ether oxygens (including phenoxy) is 2. The second kappa shape index (κ2) is 9.27. The monoisotopic (exact) mass is 520 g/mol. The normalized spacial score (nSPS) is 19.2. The zero-order chi connectivity index (χ0) is 25.4. The molecule has 34 heavy (non-hydrogen) atoms. The molecule has 1 unspecified atom stereocenters. The number of alkyl halides is 3. The summed E-state index contributed by atoms with van der Waals surface area (Å²) in [6.45, 7) is 5.38. The maximum absolute atomic E-state index is 13.2. The van der Waals surface area contributed by atoms with Crippen LogP contribution < -0.4 is 9.46 Å². The van der Waals surface area contributed by atoms with Crippen molar-refractivity contribution in [3.8, 4) is 5.75 Å². The highest BCUT2D eigenvalue weighted by molar-refractivity contribution is 7.89. The molecule has 186 valence electrons. The van der Waals surface area contributed by atoms with E-state index in [0.717, 1.165) is 24.3 Å². The van der Waals surface area contributed by atoms with E-state index in [0.29, 0.717) is 10.6 Å². The predicted molar refractivity (Wildman–Crippen MR) is 119 cm³/mol. The second-order valence-electron chi connectivity index (χ2n) is 8.87. The molecule has 2 aromatic rings. The third-order valence-electron chi connectivity index (χ3n) is 5.02. The smallest absolute Gasteiger partial charge is 0.444 e. The lowest BCUT2D eigenvalue weighted by Crippen LogP contribution is -2.48. The van der Waals surface area contributed by atoms with Crippen LogP contribution >= 0.6 is 11.6 Å². The van der Waals surface area contributed by atoms with E-state index in [2.05, 4.69) is 9.46 Å². The molecule has 1 atom stereocenters. The summed E-state index contributed by atoms with van der Waals surface area (Å²) in [7, 11) is -4.20. The Morgan fingerprint density at radius 2 is 1.65 bits per heavy atom. The van der Waals surface area contributed by atoms with Gasteiger partial charge in [0.05, 0.1) is 10.4 Å². The zero-order valence-electron chi connectivity index (χ0n) is 18.6. The van der Waals surface area contributed by atoms with Crippen LogP contribution in [0.25, 0.3) is 0 Å². The molecule has 0 saturated carbocycles. The quantitative estimate of drug-likeness (QED) is 0.596. The third kappa shape index (κ3) is 6.55. The van der Waals surface area contributed by atoms with Gasteiger partial charge in [0, 0.05) is 18.1 Å². The Morgan fingerprint density at radius 3 is 2.18 bits per heavy atom. The van der Waals surface area contributed by atoms with E-state index in [4.69, 9.17) is 16.3 Å². The van der Waals surface area contributed by atoms with E-state index in [1.165, 1.54) is 4.90 Å². The van der Waals surface area contributed by atoms with E-state index in [-0.39, 0.29) is 24.4 Å². The number of hydrogen-bond acceptors (Lipinski definition) is 5. The summed E-state index contributed by atoms with van der Waals surface area (Å²) in [5.74, 6) is -0.546. The minimum Gasteiger partial charge on any atom is -0.444 e. The number of halogens is 4. The number of carbonyl (C=O) groups is 1. The molecule has 1 fully saturated rings. The van der Waals surface area contributed by atoms with Crippen molar-refractivity contribution < 1.29 is 35.9 Å². The number of nitrogens with zero attached hydrogens (tertiary/aromatic N) is 1. The number of hydrogen-bond donors (Lipinski definition) is 1. The molecule has 1 aliphatic rings. The molecule has 12 heteroatoms. The summed E-state index contributed by atoms with van der Waals surface area (Å²) in [6, 6.07) is 10.4. The van der Waals surface area contributed by atoms with Crippen molar-refractivity contribution >= 4 is 27.7 Å². The minimum absolute atomic E-state index is 0.0158. The first kappa shape index (κ1) is 26.1. The van der Waals surface area contributed by atoms with Crippen molar-refractivity contribution in [3.05, 3.63) is 59.1 Å². The molecule has 7 nitrogen and oxygen atoms in total. The maximum Gasteiger partial charge on any atom is 0.573 e. The number of nitrogens with one attached hydrogen (secondary N) is 1. The van der Waals surface area contributed by atoms with E-state index in [9.17, 15) is 26.4 Å². The topological polar surface area (TPSA) is 84.9 Å². The number of carbonyl (C=O) groups excluding carboxylic acids is 1. The van der Waals surface area contributed by atoms with Crippen LogP contribution in [0.4, 0.5) is 18.0 Å². The lowest BCUT2D eigenvalue weighted by atomic mass is 9.90. The van der Waals surface area contributed by atoms with Crippen LogP contribution in [0.3, 0.4) is 0 Å². The first-order chi connectivity index (χ1) is 15.6. The van der Waals surface area contributed by atoms with Gasteiger partial charge in [0.2, 0.25) is 10.0 Å². The average molecular weight is 521 g/mol. The van der Waals surface area contributed by atoms with Gasteiger partial charge in [-0.25, -0.2) is 13.2 Å². The van der Waals surface area contributed by atoms with Crippen LogP contribution in [0.1, 0.15) is 32.8 Å². The Kier molecular flexibility index (Phi) is 7.12. The number of benzene rings is 2. The molecule has 2 aromatic carbocycles. The fraction of sp³-hybridized carbons (Fsp3) is 0.409. The first-order valence-corrected chi connectivity index (χ1v) is 12.1. The van der Waals surface area contributed by atoms with Crippen LogP contribution in [0.2, 0.25) is 5.02 Å². The fourth-order valence-corrected chi connectivity index (χ4v) is 5.11. The first-order valence-electron chi connectivity index (χ1n) is 10.2. The average Bonchev–Trinajstić information content (AvgIpc) is 3.11. The second-order valence-corrected chi connectivity index (χ2v) is 11.0. The summed E-state index contributed by atoms with van der Waals surface area (Å²) in [4.78, 5) is 13.8. The number of likely N-dealkylation sites (tertiary alicyclic amines) is 1. The van der Waals surface area contributed by atoms with Crippen LogP contribution in [0, 0.1) is 0 Å². The van der Waals surface area contributed by atoms with Crippen molar-refractivity contribution in [2.24, 2.45) is 0 Å². The van der Waals surface area contributed by atoms with Gasteiger partial charge in [0.25, 0.3) is 0 Å². The van der Waals surface area contributed by atoms with Gasteiger partial charge in [-0.1, -0.05) is 23.7 Å². The molecule has 0 aromatic heterocycles. The van der Waals surface area contributed by atoms with Crippen LogP contribution in [0.15, 0.2) is 53.4 Å². The fourth-order valence-electron chi connectivity index (χ4n) is 3.58. The highest BCUT2D eigenvalue weighted by Crippen LogP contribution is 2.35. The molecule has 0 bridgehead atoms. The van der Waals surface area contributed by atoms with Gasteiger partial charge in [-0.05, 0) is 69.2 Å². The Labute approximate surface area is 200 Å². The summed E-state index contributed by atoms with van der Waals surface area (Å²) in [5.41, 5.74) is -1.37. The van der Waals surface area contributed by atoms with Gasteiger partial charge in [0.1, 0.15) is 11.4 Å². The van der Waals surface area contributed by atoms with Crippen molar-refractivity contribution in [3.63, 3.8) is 0 Å². The molecule has 1 aliphatic heterocycles. The minimum atomic E-state index is -4.90. The van der Waals surface area contributed by atoms with Gasteiger partial charge in [-0.15, -0.1) is 13.2 Å². The van der Waals surface area contributed by atoms with Crippen LogP contribution in [-0.2, 0) is 20.3 Å². The highest BCUT2D eigenvalue weighted by atomic mass is 35.5. The van der Waals surface area contributed by atoms with Gasteiger partial charge in [0.15, 0.2) is 0 Å². The molecule has 0 radical (unpaired) electrons. The molecule has 1 saturated heterocycles. The standard InChI is InChI=1S/C22H24ClF3N2O5S/c1-20(2,3)33-19(29)28-13-12-21(14-28,15-4-6-16(23)7-5-15)27-34(30,31)18-10-8-17(9-11-18)32-22(24,25)26/h4-11,27H,12-14H2,1-3H3. The van der Waals surface area contributed by atoms with Crippen molar-refractivity contribution in [2.75, 3.05) is 13.1 Å². The number of sulfonamides is 1. The Balaban J connectivity index is 1.90.